The van der Waals surface area contributed by atoms with Crippen molar-refractivity contribution >= 4 is 11.5 Å². The van der Waals surface area contributed by atoms with Gasteiger partial charge < -0.3 is 10.2 Å². The lowest BCUT2D eigenvalue weighted by Crippen LogP contribution is -2.34. The SMILES string of the molecule is Cc1ccc2c(n1)NCCN2Cc1ccccc1. The highest BCUT2D eigenvalue weighted by molar-refractivity contribution is 5.68. The molecule has 0 unspecified atom stereocenters. The second-order valence-electron chi connectivity index (χ2n) is 4.65. The Morgan fingerprint density at radius 1 is 1.17 bits per heavy atom. The predicted molar refractivity (Wildman–Crippen MR) is 75.0 cm³/mol. The molecule has 0 atom stereocenters. The highest BCUT2D eigenvalue weighted by Gasteiger charge is 2.17. The van der Waals surface area contributed by atoms with Gasteiger partial charge in [0.2, 0.25) is 0 Å². The molecule has 0 spiro atoms. The fourth-order valence-electron chi connectivity index (χ4n) is 2.33. The first-order valence-electron chi connectivity index (χ1n) is 6.33. The van der Waals surface area contributed by atoms with Gasteiger partial charge in [-0.1, -0.05) is 30.3 Å². The molecule has 0 amide bonds. The molecular formula is C15H17N3. The van der Waals surface area contributed by atoms with E-state index in [2.05, 4.69) is 57.7 Å². The molecule has 3 nitrogen and oxygen atoms in total. The number of rotatable bonds is 2. The van der Waals surface area contributed by atoms with E-state index in [1.165, 1.54) is 11.3 Å². The van der Waals surface area contributed by atoms with E-state index in [0.29, 0.717) is 0 Å². The lowest BCUT2D eigenvalue weighted by Gasteiger charge is -2.31. The van der Waals surface area contributed by atoms with Crippen LogP contribution in [-0.4, -0.2) is 18.1 Å². The van der Waals surface area contributed by atoms with Crippen LogP contribution < -0.4 is 10.2 Å². The summed E-state index contributed by atoms with van der Waals surface area (Å²) < 4.78 is 0. The molecule has 1 aromatic carbocycles. The number of nitrogens with zero attached hydrogens (tertiary/aromatic N) is 2. The molecule has 2 aromatic rings. The molecule has 92 valence electrons. The molecule has 0 saturated carbocycles. The van der Waals surface area contributed by atoms with Gasteiger partial charge in [0.05, 0.1) is 5.69 Å². The van der Waals surface area contributed by atoms with E-state index < -0.39 is 0 Å². The second-order valence-corrected chi connectivity index (χ2v) is 4.65. The number of hydrogen-bond acceptors (Lipinski definition) is 3. The number of aromatic nitrogens is 1. The Morgan fingerprint density at radius 3 is 2.83 bits per heavy atom. The predicted octanol–water partition coefficient (Wildman–Crippen LogP) is 2.82. The maximum Gasteiger partial charge on any atom is 0.149 e. The topological polar surface area (TPSA) is 28.2 Å². The zero-order valence-electron chi connectivity index (χ0n) is 10.6. The van der Waals surface area contributed by atoms with Crippen molar-refractivity contribution < 1.29 is 0 Å². The Balaban J connectivity index is 1.87. The Morgan fingerprint density at radius 2 is 2.00 bits per heavy atom. The number of fused-ring (bicyclic) bond motifs is 1. The number of pyridine rings is 1. The van der Waals surface area contributed by atoms with Crippen LogP contribution in [0.15, 0.2) is 42.5 Å². The summed E-state index contributed by atoms with van der Waals surface area (Å²) >= 11 is 0. The summed E-state index contributed by atoms with van der Waals surface area (Å²) in [6, 6.07) is 14.8. The summed E-state index contributed by atoms with van der Waals surface area (Å²) in [5, 5.41) is 3.37. The molecule has 3 heteroatoms. The van der Waals surface area contributed by atoms with Crippen molar-refractivity contribution in [3.63, 3.8) is 0 Å². The van der Waals surface area contributed by atoms with E-state index in [4.69, 9.17) is 0 Å². The third-order valence-corrected chi connectivity index (χ3v) is 3.24. The molecular weight excluding hydrogens is 222 g/mol. The van der Waals surface area contributed by atoms with Crippen LogP contribution in [0.5, 0.6) is 0 Å². The Kier molecular flexibility index (Phi) is 2.89. The number of anilines is 2. The molecule has 1 N–H and O–H groups in total. The van der Waals surface area contributed by atoms with Crippen LogP contribution >= 0.6 is 0 Å². The first-order valence-corrected chi connectivity index (χ1v) is 6.33. The van der Waals surface area contributed by atoms with Crippen molar-refractivity contribution in [2.45, 2.75) is 13.5 Å². The molecule has 2 heterocycles. The second kappa shape index (κ2) is 4.69. The highest BCUT2D eigenvalue weighted by Crippen LogP contribution is 2.28. The van der Waals surface area contributed by atoms with Crippen molar-refractivity contribution in [3.05, 3.63) is 53.7 Å². The molecule has 0 aliphatic carbocycles. The lowest BCUT2D eigenvalue weighted by molar-refractivity contribution is 0.779. The monoisotopic (exact) mass is 239 g/mol. The van der Waals surface area contributed by atoms with Crippen LogP contribution in [0, 0.1) is 6.92 Å². The van der Waals surface area contributed by atoms with E-state index in [9.17, 15) is 0 Å². The van der Waals surface area contributed by atoms with Crippen LogP contribution in [0.25, 0.3) is 0 Å². The van der Waals surface area contributed by atoms with Gasteiger partial charge in [-0.3, -0.25) is 0 Å². The minimum absolute atomic E-state index is 0.945. The zero-order valence-corrected chi connectivity index (χ0v) is 10.6. The number of nitrogens with one attached hydrogen (secondary N) is 1. The Hall–Kier alpha value is -2.03. The molecule has 1 aromatic heterocycles. The van der Waals surface area contributed by atoms with Gasteiger partial charge >= 0.3 is 0 Å². The maximum absolute atomic E-state index is 4.55. The van der Waals surface area contributed by atoms with Gasteiger partial charge in [0.15, 0.2) is 0 Å². The van der Waals surface area contributed by atoms with Crippen LogP contribution in [0.1, 0.15) is 11.3 Å². The van der Waals surface area contributed by atoms with E-state index in [-0.39, 0.29) is 0 Å². The zero-order chi connectivity index (χ0) is 12.4. The smallest absolute Gasteiger partial charge is 0.149 e. The third-order valence-electron chi connectivity index (χ3n) is 3.24. The van der Waals surface area contributed by atoms with Crippen LogP contribution in [-0.2, 0) is 6.54 Å². The maximum atomic E-state index is 4.55. The summed E-state index contributed by atoms with van der Waals surface area (Å²) in [4.78, 5) is 6.94. The number of benzene rings is 1. The van der Waals surface area contributed by atoms with E-state index in [1.807, 2.05) is 6.92 Å². The third kappa shape index (κ3) is 2.16. The normalized spacial score (nSPS) is 13.9. The fourth-order valence-corrected chi connectivity index (χ4v) is 2.33. The van der Waals surface area contributed by atoms with E-state index >= 15 is 0 Å². The van der Waals surface area contributed by atoms with Crippen molar-refractivity contribution in [1.29, 1.82) is 0 Å². The summed E-state index contributed by atoms with van der Waals surface area (Å²) in [7, 11) is 0. The minimum atomic E-state index is 0.945. The number of hydrogen-bond donors (Lipinski definition) is 1. The Labute approximate surface area is 107 Å². The largest absolute Gasteiger partial charge is 0.367 e. The van der Waals surface area contributed by atoms with Crippen molar-refractivity contribution in [3.8, 4) is 0 Å². The van der Waals surface area contributed by atoms with Gasteiger partial charge in [0.25, 0.3) is 0 Å². The molecule has 0 fully saturated rings. The van der Waals surface area contributed by atoms with Crippen LogP contribution in [0.3, 0.4) is 0 Å². The molecule has 1 aliphatic rings. The molecule has 0 radical (unpaired) electrons. The van der Waals surface area contributed by atoms with Crippen LogP contribution in [0.2, 0.25) is 0 Å². The molecule has 18 heavy (non-hydrogen) atoms. The lowest BCUT2D eigenvalue weighted by atomic mass is 10.2. The first-order chi connectivity index (χ1) is 8.83. The van der Waals surface area contributed by atoms with E-state index in [0.717, 1.165) is 31.1 Å². The summed E-state index contributed by atoms with van der Waals surface area (Å²) in [5.41, 5.74) is 3.60. The molecule has 1 aliphatic heterocycles. The van der Waals surface area contributed by atoms with Gasteiger partial charge in [-0.25, -0.2) is 4.98 Å². The van der Waals surface area contributed by atoms with Gasteiger partial charge in [0.1, 0.15) is 5.82 Å². The average molecular weight is 239 g/mol. The summed E-state index contributed by atoms with van der Waals surface area (Å²) in [5.74, 6) is 1.01. The standard InChI is InChI=1S/C15H17N3/c1-12-7-8-14-15(17-12)16-9-10-18(14)11-13-5-3-2-4-6-13/h2-8H,9-11H2,1H3,(H,16,17). The van der Waals surface area contributed by atoms with Crippen molar-refractivity contribution in [1.82, 2.24) is 4.98 Å². The number of aryl methyl sites for hydroxylation is 1. The molecule has 0 saturated heterocycles. The quantitative estimate of drug-likeness (QED) is 0.873. The summed E-state index contributed by atoms with van der Waals surface area (Å²) in [6.07, 6.45) is 0. The fraction of sp³-hybridized carbons (Fsp3) is 0.267. The molecule has 0 bridgehead atoms. The van der Waals surface area contributed by atoms with Gasteiger partial charge in [-0.2, -0.15) is 0 Å². The van der Waals surface area contributed by atoms with Gasteiger partial charge in [0, 0.05) is 25.3 Å². The summed E-state index contributed by atoms with van der Waals surface area (Å²) in [6.45, 7) is 4.95. The van der Waals surface area contributed by atoms with Crippen LogP contribution in [0.4, 0.5) is 11.5 Å². The van der Waals surface area contributed by atoms with Gasteiger partial charge in [-0.15, -0.1) is 0 Å². The minimum Gasteiger partial charge on any atom is -0.367 e. The first kappa shape index (κ1) is 11.1. The molecule has 3 rings (SSSR count). The average Bonchev–Trinajstić information content (AvgIpc) is 2.40. The van der Waals surface area contributed by atoms with Crippen molar-refractivity contribution in [2.24, 2.45) is 0 Å². The Bertz CT molecular complexity index is 537. The van der Waals surface area contributed by atoms with E-state index in [1.54, 1.807) is 0 Å². The van der Waals surface area contributed by atoms with Gasteiger partial charge in [-0.05, 0) is 24.6 Å². The highest BCUT2D eigenvalue weighted by atomic mass is 15.2. The van der Waals surface area contributed by atoms with Crippen molar-refractivity contribution in [2.75, 3.05) is 23.3 Å².